The van der Waals surface area contributed by atoms with Gasteiger partial charge in [-0.2, -0.15) is 0 Å². The van der Waals surface area contributed by atoms with Crippen molar-refractivity contribution in [1.82, 2.24) is 5.32 Å². The highest BCUT2D eigenvalue weighted by molar-refractivity contribution is 5.69. The molecule has 1 aromatic rings. The summed E-state index contributed by atoms with van der Waals surface area (Å²) >= 11 is 0. The zero-order chi connectivity index (χ0) is 13.9. The third-order valence-electron chi connectivity index (χ3n) is 2.38. The standard InChI is InChI=1S/C14H21NO4/c1-2-18-14(17)10-12(16)11-15-8-9-19-13-6-4-3-5-7-13/h3-7,12,15-16H,2,8-11H2,1H3. The Kier molecular flexibility index (Phi) is 7.62. The van der Waals surface area contributed by atoms with Gasteiger partial charge in [-0.25, -0.2) is 0 Å². The van der Waals surface area contributed by atoms with Gasteiger partial charge in [0.05, 0.1) is 19.1 Å². The Morgan fingerprint density at radius 3 is 2.79 bits per heavy atom. The van der Waals surface area contributed by atoms with Crippen LogP contribution in [0.25, 0.3) is 0 Å². The van der Waals surface area contributed by atoms with Gasteiger partial charge in [0, 0.05) is 13.1 Å². The largest absolute Gasteiger partial charge is 0.492 e. The molecule has 0 aromatic heterocycles. The van der Waals surface area contributed by atoms with E-state index in [2.05, 4.69) is 5.32 Å². The molecule has 1 unspecified atom stereocenters. The first kappa shape index (κ1) is 15.5. The fraction of sp³-hybridized carbons (Fsp3) is 0.500. The van der Waals surface area contributed by atoms with Crippen molar-refractivity contribution < 1.29 is 19.4 Å². The molecule has 1 aromatic carbocycles. The van der Waals surface area contributed by atoms with Gasteiger partial charge in [-0.15, -0.1) is 0 Å². The number of rotatable bonds is 9. The third-order valence-corrected chi connectivity index (χ3v) is 2.38. The number of ether oxygens (including phenoxy) is 2. The molecule has 0 spiro atoms. The van der Waals surface area contributed by atoms with Crippen LogP contribution in [0.5, 0.6) is 5.75 Å². The summed E-state index contributed by atoms with van der Waals surface area (Å²) in [5, 5.41) is 12.6. The van der Waals surface area contributed by atoms with E-state index < -0.39 is 6.10 Å². The summed E-state index contributed by atoms with van der Waals surface area (Å²) in [4.78, 5) is 11.1. The van der Waals surface area contributed by atoms with Crippen LogP contribution in [0, 0.1) is 0 Å². The van der Waals surface area contributed by atoms with Crippen molar-refractivity contribution in [2.45, 2.75) is 19.4 Å². The van der Waals surface area contributed by atoms with Crippen molar-refractivity contribution in [2.75, 3.05) is 26.3 Å². The van der Waals surface area contributed by atoms with Gasteiger partial charge < -0.3 is 19.9 Å². The SMILES string of the molecule is CCOC(=O)CC(O)CNCCOc1ccccc1. The first-order valence-corrected chi connectivity index (χ1v) is 6.44. The zero-order valence-electron chi connectivity index (χ0n) is 11.2. The minimum absolute atomic E-state index is 0.0143. The van der Waals surface area contributed by atoms with Gasteiger partial charge in [-0.3, -0.25) is 4.79 Å². The summed E-state index contributed by atoms with van der Waals surface area (Å²) < 4.78 is 10.2. The second kappa shape index (κ2) is 9.35. The third kappa shape index (κ3) is 7.43. The Bertz CT molecular complexity index is 356. The Morgan fingerprint density at radius 2 is 2.11 bits per heavy atom. The molecule has 0 aliphatic heterocycles. The van der Waals surface area contributed by atoms with E-state index >= 15 is 0 Å². The predicted molar refractivity (Wildman–Crippen MR) is 72.1 cm³/mol. The molecule has 0 amide bonds. The molecule has 106 valence electrons. The fourth-order valence-electron chi connectivity index (χ4n) is 1.51. The van der Waals surface area contributed by atoms with Crippen LogP contribution in [-0.4, -0.2) is 43.5 Å². The number of nitrogens with one attached hydrogen (secondary N) is 1. The van der Waals surface area contributed by atoms with Crippen LogP contribution in [-0.2, 0) is 9.53 Å². The highest BCUT2D eigenvalue weighted by Crippen LogP contribution is 2.07. The molecule has 0 heterocycles. The second-order valence-electron chi connectivity index (χ2n) is 4.03. The van der Waals surface area contributed by atoms with E-state index in [9.17, 15) is 9.90 Å². The number of aliphatic hydroxyl groups excluding tert-OH is 1. The molecule has 0 aliphatic rings. The molecule has 0 bridgehead atoms. The van der Waals surface area contributed by atoms with Gasteiger partial charge in [0.25, 0.3) is 0 Å². The summed E-state index contributed by atoms with van der Waals surface area (Å²) in [6, 6.07) is 9.51. The van der Waals surface area contributed by atoms with Crippen molar-refractivity contribution >= 4 is 5.97 Å². The minimum Gasteiger partial charge on any atom is -0.492 e. The normalized spacial score (nSPS) is 11.9. The maximum absolute atomic E-state index is 11.1. The van der Waals surface area contributed by atoms with Crippen LogP contribution >= 0.6 is 0 Å². The molecule has 1 atom stereocenters. The number of carbonyl (C=O) groups excluding carboxylic acids is 1. The van der Waals surface area contributed by atoms with Gasteiger partial charge in [-0.05, 0) is 19.1 Å². The van der Waals surface area contributed by atoms with Crippen molar-refractivity contribution in [3.8, 4) is 5.75 Å². The lowest BCUT2D eigenvalue weighted by Crippen LogP contribution is -2.31. The van der Waals surface area contributed by atoms with Crippen LogP contribution in [0.15, 0.2) is 30.3 Å². The predicted octanol–water partition coefficient (Wildman–Crippen LogP) is 0.969. The van der Waals surface area contributed by atoms with E-state index in [1.54, 1.807) is 6.92 Å². The lowest BCUT2D eigenvalue weighted by atomic mass is 10.2. The van der Waals surface area contributed by atoms with Gasteiger partial charge in [0.15, 0.2) is 0 Å². The quantitative estimate of drug-likeness (QED) is 0.515. The number of benzene rings is 1. The Labute approximate surface area is 113 Å². The molecule has 0 saturated heterocycles. The summed E-state index contributed by atoms with van der Waals surface area (Å²) in [5.41, 5.74) is 0. The van der Waals surface area contributed by atoms with Crippen LogP contribution in [0.4, 0.5) is 0 Å². The van der Waals surface area contributed by atoms with E-state index in [4.69, 9.17) is 9.47 Å². The second-order valence-corrected chi connectivity index (χ2v) is 4.03. The maximum Gasteiger partial charge on any atom is 0.308 e. The van der Waals surface area contributed by atoms with Crippen molar-refractivity contribution in [2.24, 2.45) is 0 Å². The minimum atomic E-state index is -0.726. The number of carbonyl (C=O) groups is 1. The smallest absolute Gasteiger partial charge is 0.308 e. The molecule has 0 saturated carbocycles. The molecule has 0 radical (unpaired) electrons. The first-order chi connectivity index (χ1) is 9.22. The number of hydrogen-bond donors (Lipinski definition) is 2. The zero-order valence-corrected chi connectivity index (χ0v) is 11.2. The van der Waals surface area contributed by atoms with Gasteiger partial charge in [-0.1, -0.05) is 18.2 Å². The Morgan fingerprint density at radius 1 is 1.37 bits per heavy atom. The summed E-state index contributed by atoms with van der Waals surface area (Å²) in [5.74, 6) is 0.439. The Hall–Kier alpha value is -1.59. The molecule has 5 nitrogen and oxygen atoms in total. The van der Waals surface area contributed by atoms with Crippen LogP contribution in [0.3, 0.4) is 0 Å². The van der Waals surface area contributed by atoms with Crippen LogP contribution in [0.2, 0.25) is 0 Å². The average Bonchev–Trinajstić information content (AvgIpc) is 2.39. The van der Waals surface area contributed by atoms with E-state index in [0.717, 1.165) is 5.75 Å². The fourth-order valence-corrected chi connectivity index (χ4v) is 1.51. The summed E-state index contributed by atoms with van der Waals surface area (Å²) in [6.07, 6.45) is -0.712. The maximum atomic E-state index is 11.1. The number of hydrogen-bond acceptors (Lipinski definition) is 5. The number of para-hydroxylation sites is 1. The van der Waals surface area contributed by atoms with E-state index in [-0.39, 0.29) is 12.4 Å². The molecule has 0 aliphatic carbocycles. The monoisotopic (exact) mass is 267 g/mol. The highest BCUT2D eigenvalue weighted by atomic mass is 16.5. The van der Waals surface area contributed by atoms with Crippen molar-refractivity contribution in [3.05, 3.63) is 30.3 Å². The number of aliphatic hydroxyl groups is 1. The van der Waals surface area contributed by atoms with E-state index in [1.807, 2.05) is 30.3 Å². The molecule has 2 N–H and O–H groups in total. The average molecular weight is 267 g/mol. The molecular weight excluding hydrogens is 246 g/mol. The molecule has 19 heavy (non-hydrogen) atoms. The van der Waals surface area contributed by atoms with E-state index in [0.29, 0.717) is 26.3 Å². The Balaban J connectivity index is 2.03. The molecule has 1 rings (SSSR count). The molecule has 5 heteroatoms. The summed E-state index contributed by atoms with van der Waals surface area (Å²) in [6.45, 7) is 3.54. The lowest BCUT2D eigenvalue weighted by Gasteiger charge is -2.11. The van der Waals surface area contributed by atoms with Gasteiger partial charge in [0.1, 0.15) is 12.4 Å². The van der Waals surface area contributed by atoms with E-state index in [1.165, 1.54) is 0 Å². The van der Waals surface area contributed by atoms with Crippen LogP contribution < -0.4 is 10.1 Å². The van der Waals surface area contributed by atoms with Crippen LogP contribution in [0.1, 0.15) is 13.3 Å². The molecular formula is C14H21NO4. The summed E-state index contributed by atoms with van der Waals surface area (Å²) in [7, 11) is 0. The van der Waals surface area contributed by atoms with Gasteiger partial charge in [0.2, 0.25) is 0 Å². The molecule has 0 fully saturated rings. The van der Waals surface area contributed by atoms with Gasteiger partial charge >= 0.3 is 5.97 Å². The lowest BCUT2D eigenvalue weighted by molar-refractivity contribution is -0.145. The van der Waals surface area contributed by atoms with Crippen molar-refractivity contribution in [3.63, 3.8) is 0 Å². The first-order valence-electron chi connectivity index (χ1n) is 6.44. The number of esters is 1. The highest BCUT2D eigenvalue weighted by Gasteiger charge is 2.10. The van der Waals surface area contributed by atoms with Crippen molar-refractivity contribution in [1.29, 1.82) is 0 Å². The topological polar surface area (TPSA) is 67.8 Å².